The fraction of sp³-hybridized carbons (Fsp3) is 0.424. The van der Waals surface area contributed by atoms with Crippen LogP contribution in [0.3, 0.4) is 0 Å². The quantitative estimate of drug-likeness (QED) is 0.306. The fourth-order valence-electron chi connectivity index (χ4n) is 6.19. The minimum atomic E-state index is -0.735. The zero-order valence-electron chi connectivity index (χ0n) is 22.2. The lowest BCUT2D eigenvalue weighted by atomic mass is 9.75. The number of ether oxygens (including phenoxy) is 2. The molecule has 3 aromatic carbocycles. The van der Waals surface area contributed by atoms with Gasteiger partial charge in [0.25, 0.3) is 0 Å². The van der Waals surface area contributed by atoms with E-state index in [9.17, 15) is 9.90 Å². The molecule has 1 N–H and O–H groups in total. The van der Waals surface area contributed by atoms with Crippen LogP contribution in [0.4, 0.5) is 0 Å². The molecule has 2 aliphatic carbocycles. The van der Waals surface area contributed by atoms with Crippen molar-refractivity contribution >= 4 is 5.97 Å². The highest BCUT2D eigenvalue weighted by Crippen LogP contribution is 2.51. The van der Waals surface area contributed by atoms with Crippen LogP contribution in [0.15, 0.2) is 66.7 Å². The highest BCUT2D eigenvalue weighted by atomic mass is 16.5. The molecule has 5 rings (SSSR count). The number of benzene rings is 3. The molecule has 0 aromatic heterocycles. The van der Waals surface area contributed by atoms with E-state index in [1.807, 2.05) is 30.3 Å². The lowest BCUT2D eigenvalue weighted by Gasteiger charge is -2.30. The molecular formula is C33H38O4. The van der Waals surface area contributed by atoms with Crippen molar-refractivity contribution in [2.24, 2.45) is 11.3 Å². The minimum absolute atomic E-state index is 0.0689. The van der Waals surface area contributed by atoms with Crippen LogP contribution in [0.2, 0.25) is 0 Å². The first-order chi connectivity index (χ1) is 17.8. The van der Waals surface area contributed by atoms with Gasteiger partial charge in [0, 0.05) is 0 Å². The highest BCUT2D eigenvalue weighted by molar-refractivity contribution is 5.70. The van der Waals surface area contributed by atoms with Crippen LogP contribution in [0, 0.1) is 11.3 Å². The third-order valence-corrected chi connectivity index (χ3v) is 8.41. The Morgan fingerprint density at radius 3 is 2.49 bits per heavy atom. The van der Waals surface area contributed by atoms with Gasteiger partial charge in [-0.2, -0.15) is 0 Å². The van der Waals surface area contributed by atoms with Gasteiger partial charge in [-0.1, -0.05) is 62.7 Å². The molecule has 0 radical (unpaired) electrons. The van der Waals surface area contributed by atoms with E-state index in [1.165, 1.54) is 36.0 Å². The van der Waals surface area contributed by atoms with Crippen LogP contribution in [-0.2, 0) is 11.4 Å². The molecule has 4 nitrogen and oxygen atoms in total. The molecule has 0 saturated heterocycles. The summed E-state index contributed by atoms with van der Waals surface area (Å²) in [7, 11) is 1.71. The summed E-state index contributed by atoms with van der Waals surface area (Å²) in [5, 5.41) is 9.39. The van der Waals surface area contributed by atoms with Crippen LogP contribution < -0.4 is 9.47 Å². The van der Waals surface area contributed by atoms with Crippen LogP contribution >= 0.6 is 0 Å². The van der Waals surface area contributed by atoms with E-state index in [0.717, 1.165) is 35.5 Å². The Labute approximate surface area is 220 Å². The number of aliphatic carboxylic acids is 1. The van der Waals surface area contributed by atoms with Crippen LogP contribution in [0.1, 0.15) is 80.9 Å². The van der Waals surface area contributed by atoms with E-state index in [2.05, 4.69) is 50.2 Å². The number of rotatable bonds is 10. The third-order valence-electron chi connectivity index (χ3n) is 8.41. The van der Waals surface area contributed by atoms with Crippen molar-refractivity contribution in [3.8, 4) is 22.6 Å². The second kappa shape index (κ2) is 10.6. The van der Waals surface area contributed by atoms with Crippen LogP contribution in [0.25, 0.3) is 11.1 Å². The van der Waals surface area contributed by atoms with Crippen molar-refractivity contribution in [2.75, 3.05) is 7.11 Å². The largest absolute Gasteiger partial charge is 0.497 e. The Kier molecular flexibility index (Phi) is 7.28. The maximum absolute atomic E-state index is 11.4. The second-order valence-electron chi connectivity index (χ2n) is 11.5. The van der Waals surface area contributed by atoms with Crippen molar-refractivity contribution in [2.45, 2.75) is 70.8 Å². The van der Waals surface area contributed by atoms with Crippen molar-refractivity contribution < 1.29 is 19.4 Å². The Morgan fingerprint density at radius 2 is 1.78 bits per heavy atom. The van der Waals surface area contributed by atoms with E-state index in [0.29, 0.717) is 18.4 Å². The predicted molar refractivity (Wildman–Crippen MR) is 147 cm³/mol. The Hall–Kier alpha value is -3.27. The number of hydrogen-bond donors (Lipinski definition) is 1. The maximum Gasteiger partial charge on any atom is 0.303 e. The smallest absolute Gasteiger partial charge is 0.303 e. The summed E-state index contributed by atoms with van der Waals surface area (Å²) in [5.74, 6) is 1.98. The zero-order chi connectivity index (χ0) is 26.0. The van der Waals surface area contributed by atoms with Crippen molar-refractivity contribution in [1.82, 2.24) is 0 Å². The summed E-state index contributed by atoms with van der Waals surface area (Å²) in [5.41, 5.74) is 6.32. The minimum Gasteiger partial charge on any atom is -0.497 e. The van der Waals surface area contributed by atoms with E-state index in [1.54, 1.807) is 7.11 Å². The van der Waals surface area contributed by atoms with Gasteiger partial charge in [-0.05, 0) is 101 Å². The fourth-order valence-corrected chi connectivity index (χ4v) is 6.19. The SMILES string of the molecule is COc1cccc(-c2ccc(COc3cccc([C@@H](CC(=O)O)C4CC4)c3)cc2[C@H]2CCCC2(C)C)c1. The second-order valence-corrected chi connectivity index (χ2v) is 11.5. The molecule has 194 valence electrons. The lowest BCUT2D eigenvalue weighted by molar-refractivity contribution is -0.137. The summed E-state index contributed by atoms with van der Waals surface area (Å²) in [6.45, 7) is 5.26. The average Bonchev–Trinajstić information content (AvgIpc) is 3.68. The number of methoxy groups -OCH3 is 1. The number of carbonyl (C=O) groups is 1. The standard InChI is InChI=1S/C33H38O4/c1-33(2)16-6-11-31(33)30-17-22(12-15-28(30)24-7-4-9-26(18-24)36-3)21-37-27-10-5-8-25(19-27)29(20-32(34)35)23-13-14-23/h4-5,7-10,12,15,17-19,23,29,31H,6,11,13-14,16,20-21H2,1-3H3,(H,34,35)/t29-,31+/m0/s1. The first kappa shape index (κ1) is 25.4. The molecule has 2 aliphatic rings. The molecule has 0 bridgehead atoms. The predicted octanol–water partition coefficient (Wildman–Crippen LogP) is 8.20. The molecule has 2 saturated carbocycles. The van der Waals surface area contributed by atoms with Gasteiger partial charge in [0.05, 0.1) is 13.5 Å². The zero-order valence-corrected chi connectivity index (χ0v) is 22.2. The molecule has 37 heavy (non-hydrogen) atoms. The van der Waals surface area contributed by atoms with Crippen molar-refractivity contribution in [1.29, 1.82) is 0 Å². The summed E-state index contributed by atoms with van der Waals surface area (Å²) in [6.07, 6.45) is 6.09. The lowest BCUT2D eigenvalue weighted by Crippen LogP contribution is -2.16. The Balaban J connectivity index is 1.40. The molecule has 0 heterocycles. The molecule has 4 heteroatoms. The van der Waals surface area contributed by atoms with Crippen molar-refractivity contribution in [3.63, 3.8) is 0 Å². The van der Waals surface area contributed by atoms with Crippen LogP contribution in [0.5, 0.6) is 11.5 Å². The van der Waals surface area contributed by atoms with Gasteiger partial charge >= 0.3 is 5.97 Å². The third kappa shape index (κ3) is 5.84. The molecule has 3 aromatic rings. The first-order valence-corrected chi connectivity index (χ1v) is 13.6. The molecule has 2 fully saturated rings. The van der Waals surface area contributed by atoms with Gasteiger partial charge in [-0.3, -0.25) is 4.79 Å². The van der Waals surface area contributed by atoms with Gasteiger partial charge in [0.2, 0.25) is 0 Å². The van der Waals surface area contributed by atoms with E-state index >= 15 is 0 Å². The van der Waals surface area contributed by atoms with E-state index in [4.69, 9.17) is 9.47 Å². The number of carboxylic acids is 1. The average molecular weight is 499 g/mol. The monoisotopic (exact) mass is 498 g/mol. The molecule has 2 atom stereocenters. The molecule has 0 amide bonds. The molecule has 0 unspecified atom stereocenters. The molecule has 0 aliphatic heterocycles. The van der Waals surface area contributed by atoms with Gasteiger partial charge in [-0.25, -0.2) is 0 Å². The number of hydrogen-bond acceptors (Lipinski definition) is 3. The Morgan fingerprint density at radius 1 is 1.00 bits per heavy atom. The molecular weight excluding hydrogens is 460 g/mol. The summed E-state index contributed by atoms with van der Waals surface area (Å²) >= 11 is 0. The highest BCUT2D eigenvalue weighted by Gasteiger charge is 2.37. The summed E-state index contributed by atoms with van der Waals surface area (Å²) in [6, 6.07) is 23.1. The first-order valence-electron chi connectivity index (χ1n) is 13.6. The molecule has 0 spiro atoms. The van der Waals surface area contributed by atoms with E-state index in [-0.39, 0.29) is 17.8 Å². The van der Waals surface area contributed by atoms with Crippen LogP contribution in [-0.4, -0.2) is 18.2 Å². The van der Waals surface area contributed by atoms with Crippen molar-refractivity contribution in [3.05, 3.63) is 83.4 Å². The maximum atomic E-state index is 11.4. The van der Waals surface area contributed by atoms with E-state index < -0.39 is 5.97 Å². The summed E-state index contributed by atoms with van der Waals surface area (Å²) < 4.78 is 11.8. The van der Waals surface area contributed by atoms with Gasteiger partial charge in [0.1, 0.15) is 18.1 Å². The summed E-state index contributed by atoms with van der Waals surface area (Å²) in [4.78, 5) is 11.4. The number of carboxylic acid groups (broad SMARTS) is 1. The van der Waals surface area contributed by atoms with Gasteiger partial charge in [0.15, 0.2) is 0 Å². The topological polar surface area (TPSA) is 55.8 Å². The van der Waals surface area contributed by atoms with Gasteiger partial charge < -0.3 is 14.6 Å². The van der Waals surface area contributed by atoms with Gasteiger partial charge in [-0.15, -0.1) is 0 Å². The Bertz CT molecular complexity index is 1260. The normalized spacial score (nSPS) is 19.4.